The van der Waals surface area contributed by atoms with Crippen molar-refractivity contribution in [1.82, 2.24) is 15.8 Å². The van der Waals surface area contributed by atoms with Crippen LogP contribution >= 0.6 is 11.8 Å². The van der Waals surface area contributed by atoms with E-state index in [4.69, 9.17) is 9.94 Å². The molecule has 0 spiro atoms. The summed E-state index contributed by atoms with van der Waals surface area (Å²) < 4.78 is 5.57. The predicted molar refractivity (Wildman–Crippen MR) is 102 cm³/mol. The highest BCUT2D eigenvalue weighted by Gasteiger charge is 2.10. The van der Waals surface area contributed by atoms with Crippen LogP contribution in [0.3, 0.4) is 0 Å². The lowest BCUT2D eigenvalue weighted by Crippen LogP contribution is -2.28. The van der Waals surface area contributed by atoms with Crippen molar-refractivity contribution >= 4 is 33.7 Å². The molecule has 0 radical (unpaired) electrons. The Labute approximate surface area is 159 Å². The summed E-state index contributed by atoms with van der Waals surface area (Å²) in [6.07, 6.45) is 1.62. The number of aromatic nitrogens is 1. The normalized spacial score (nSPS) is 10.4. The van der Waals surface area contributed by atoms with Crippen molar-refractivity contribution in [2.75, 3.05) is 13.2 Å². The first kappa shape index (κ1) is 18.7. The zero-order valence-electron chi connectivity index (χ0n) is 14.2. The molecule has 0 saturated carbocycles. The second kappa shape index (κ2) is 9.02. The van der Waals surface area contributed by atoms with Crippen molar-refractivity contribution in [2.24, 2.45) is 0 Å². The second-order valence-corrected chi connectivity index (χ2v) is 6.50. The number of benzene rings is 2. The van der Waals surface area contributed by atoms with Gasteiger partial charge in [0.15, 0.2) is 0 Å². The average Bonchev–Trinajstić information content (AvgIpc) is 2.71. The summed E-state index contributed by atoms with van der Waals surface area (Å²) in [5.74, 6) is 0.360. The number of amides is 2. The molecule has 2 aromatic carbocycles. The molecular formula is C19H17N3O4S. The number of carbonyl (C=O) groups is 2. The Morgan fingerprint density at radius 3 is 2.63 bits per heavy atom. The first-order valence-corrected chi connectivity index (χ1v) is 8.96. The molecule has 138 valence electrons. The molecule has 3 aromatic rings. The van der Waals surface area contributed by atoms with E-state index in [1.165, 1.54) is 0 Å². The number of nitrogens with one attached hydrogen (secondary N) is 2. The molecule has 27 heavy (non-hydrogen) atoms. The van der Waals surface area contributed by atoms with E-state index in [9.17, 15) is 9.59 Å². The van der Waals surface area contributed by atoms with E-state index in [-0.39, 0.29) is 5.91 Å². The molecule has 8 heteroatoms. The Kier molecular flexibility index (Phi) is 6.24. The zero-order chi connectivity index (χ0) is 19.1. The molecule has 0 aliphatic carbocycles. The predicted octanol–water partition coefficient (Wildman–Crippen LogP) is 3.23. The summed E-state index contributed by atoms with van der Waals surface area (Å²) in [5, 5.41) is 12.5. The molecule has 0 atom stereocenters. The first-order valence-electron chi connectivity index (χ1n) is 8.14. The van der Waals surface area contributed by atoms with Crippen LogP contribution in [0.2, 0.25) is 0 Å². The van der Waals surface area contributed by atoms with Gasteiger partial charge in [-0.2, -0.15) is 0 Å². The number of ether oxygens (including phenoxy) is 1. The number of pyridine rings is 1. The van der Waals surface area contributed by atoms with Crippen LogP contribution < -0.4 is 15.5 Å². The number of thioether (sulfide) groups is 1. The van der Waals surface area contributed by atoms with Crippen molar-refractivity contribution in [3.63, 3.8) is 0 Å². The minimum absolute atomic E-state index is 0.253. The Morgan fingerprint density at radius 2 is 1.85 bits per heavy atom. The second-order valence-electron chi connectivity index (χ2n) is 5.46. The summed E-state index contributed by atoms with van der Waals surface area (Å²) in [6, 6.07) is 16.3. The number of fused-ring (bicyclic) bond motifs is 1. The molecule has 1 heterocycles. The van der Waals surface area contributed by atoms with Gasteiger partial charge in [0.1, 0.15) is 18.1 Å². The van der Waals surface area contributed by atoms with Crippen molar-refractivity contribution in [3.8, 4) is 5.75 Å². The zero-order valence-corrected chi connectivity index (χ0v) is 15.0. The monoisotopic (exact) mass is 383 g/mol. The van der Waals surface area contributed by atoms with E-state index >= 15 is 0 Å². The van der Waals surface area contributed by atoms with Gasteiger partial charge in [0, 0.05) is 16.5 Å². The molecule has 0 bridgehead atoms. The van der Waals surface area contributed by atoms with E-state index in [1.807, 2.05) is 30.3 Å². The first-order chi connectivity index (χ1) is 13.2. The van der Waals surface area contributed by atoms with E-state index in [2.05, 4.69) is 10.3 Å². The van der Waals surface area contributed by atoms with Gasteiger partial charge in [-0.05, 0) is 47.5 Å². The lowest BCUT2D eigenvalue weighted by atomic mass is 10.1. The average molecular weight is 383 g/mol. The highest BCUT2D eigenvalue weighted by molar-refractivity contribution is 8.13. The van der Waals surface area contributed by atoms with Crippen LogP contribution in [0.25, 0.3) is 10.8 Å². The van der Waals surface area contributed by atoms with Crippen molar-refractivity contribution in [1.29, 1.82) is 0 Å². The Balaban J connectivity index is 1.50. The number of carbonyl (C=O) groups excluding carboxylic acids is 2. The Bertz CT molecular complexity index is 942. The molecule has 3 rings (SSSR count). The van der Waals surface area contributed by atoms with Gasteiger partial charge in [0.05, 0.1) is 6.54 Å². The van der Waals surface area contributed by atoms with E-state index in [0.717, 1.165) is 22.5 Å². The van der Waals surface area contributed by atoms with Crippen LogP contribution in [0.15, 0.2) is 65.7 Å². The molecule has 3 N–H and O–H groups in total. The summed E-state index contributed by atoms with van der Waals surface area (Å²) in [4.78, 5) is 28.3. The molecule has 2 amide bonds. The Morgan fingerprint density at radius 1 is 1.07 bits per heavy atom. The minimum Gasteiger partial charge on any atom is -0.492 e. The number of nitrogens with zero attached hydrogens (tertiary/aromatic N) is 1. The minimum atomic E-state index is -0.562. The number of rotatable bonds is 6. The molecule has 0 saturated heterocycles. The Hall–Kier alpha value is -3.10. The van der Waals surface area contributed by atoms with Gasteiger partial charge in [0.25, 0.3) is 5.91 Å². The standard InChI is InChI=1S/C19H17N3O4S/c23-18(17-16-4-2-1-3-13(16)9-10-20-17)21-11-12-26-14-5-7-15(8-6-14)27-19(24)22-25/h1-10,25H,11-12H2,(H,21,23)(H,22,24). The molecular weight excluding hydrogens is 366 g/mol. The van der Waals surface area contributed by atoms with Gasteiger partial charge < -0.3 is 10.1 Å². The SMILES string of the molecule is O=C(NO)Sc1ccc(OCCNC(=O)c2nccc3ccccc23)cc1. The third-order valence-electron chi connectivity index (χ3n) is 3.67. The van der Waals surface area contributed by atoms with Crippen LogP contribution in [0.5, 0.6) is 5.75 Å². The van der Waals surface area contributed by atoms with Gasteiger partial charge in [-0.15, -0.1) is 0 Å². The van der Waals surface area contributed by atoms with E-state index in [1.54, 1.807) is 35.9 Å². The maximum Gasteiger partial charge on any atom is 0.307 e. The van der Waals surface area contributed by atoms with E-state index in [0.29, 0.717) is 29.5 Å². The maximum absolute atomic E-state index is 12.4. The van der Waals surface area contributed by atoms with Crippen LogP contribution in [0.1, 0.15) is 10.5 Å². The van der Waals surface area contributed by atoms with Gasteiger partial charge >= 0.3 is 5.24 Å². The topological polar surface area (TPSA) is 101 Å². The van der Waals surface area contributed by atoms with Crippen molar-refractivity contribution in [3.05, 3.63) is 66.5 Å². The summed E-state index contributed by atoms with van der Waals surface area (Å²) in [5.41, 5.74) is 1.94. The lowest BCUT2D eigenvalue weighted by Gasteiger charge is -2.09. The van der Waals surface area contributed by atoms with Crippen molar-refractivity contribution < 1.29 is 19.5 Å². The van der Waals surface area contributed by atoms with Gasteiger partial charge in [-0.25, -0.2) is 5.48 Å². The van der Waals surface area contributed by atoms with Crippen LogP contribution in [0.4, 0.5) is 4.79 Å². The fourth-order valence-corrected chi connectivity index (χ4v) is 2.98. The summed E-state index contributed by atoms with van der Waals surface area (Å²) in [6.45, 7) is 0.618. The van der Waals surface area contributed by atoms with E-state index < -0.39 is 5.24 Å². The highest BCUT2D eigenvalue weighted by atomic mass is 32.2. The number of hydrogen-bond acceptors (Lipinski definition) is 6. The highest BCUT2D eigenvalue weighted by Crippen LogP contribution is 2.21. The van der Waals surface area contributed by atoms with Gasteiger partial charge in [-0.1, -0.05) is 24.3 Å². The van der Waals surface area contributed by atoms with Crippen LogP contribution in [0, 0.1) is 0 Å². The van der Waals surface area contributed by atoms with Gasteiger partial charge in [-0.3, -0.25) is 19.8 Å². The largest absolute Gasteiger partial charge is 0.492 e. The molecule has 0 aliphatic heterocycles. The molecule has 1 aromatic heterocycles. The van der Waals surface area contributed by atoms with Gasteiger partial charge in [0.2, 0.25) is 0 Å². The quantitative estimate of drug-likeness (QED) is 0.261. The van der Waals surface area contributed by atoms with Crippen molar-refractivity contribution in [2.45, 2.75) is 4.90 Å². The lowest BCUT2D eigenvalue weighted by molar-refractivity contribution is 0.0944. The third-order valence-corrected chi connectivity index (χ3v) is 4.46. The maximum atomic E-state index is 12.4. The fourth-order valence-electron chi connectivity index (χ4n) is 2.45. The molecule has 0 unspecified atom stereocenters. The third kappa shape index (κ3) is 4.96. The summed E-state index contributed by atoms with van der Waals surface area (Å²) in [7, 11) is 0. The fraction of sp³-hybridized carbons (Fsp3) is 0.105. The van der Waals surface area contributed by atoms with Crippen LogP contribution in [-0.4, -0.2) is 34.5 Å². The molecule has 7 nitrogen and oxygen atoms in total. The number of hydroxylamine groups is 1. The van der Waals surface area contributed by atoms with Crippen LogP contribution in [-0.2, 0) is 0 Å². The molecule has 0 fully saturated rings. The smallest absolute Gasteiger partial charge is 0.307 e. The molecule has 0 aliphatic rings. The number of hydrogen-bond donors (Lipinski definition) is 3. The summed E-state index contributed by atoms with van der Waals surface area (Å²) >= 11 is 0.864.